The van der Waals surface area contributed by atoms with Crippen molar-refractivity contribution in [3.63, 3.8) is 0 Å². The first-order chi connectivity index (χ1) is 9.58. The molecule has 2 rings (SSSR count). The summed E-state index contributed by atoms with van der Waals surface area (Å²) in [7, 11) is 0. The summed E-state index contributed by atoms with van der Waals surface area (Å²) in [5, 5.41) is 8.15. The molecule has 0 aliphatic heterocycles. The van der Waals surface area contributed by atoms with E-state index >= 15 is 0 Å². The normalized spacial score (nSPS) is 12.7. The Bertz CT molecular complexity index is 584. The lowest BCUT2D eigenvalue weighted by molar-refractivity contribution is 0.597. The molecule has 3 heteroatoms. The second kappa shape index (κ2) is 6.23. The molecule has 3 nitrogen and oxygen atoms in total. The maximum Gasteiger partial charge on any atom is 0.0652 e. The van der Waals surface area contributed by atoms with Crippen molar-refractivity contribution in [2.24, 2.45) is 0 Å². The van der Waals surface area contributed by atoms with Gasteiger partial charge in [-0.2, -0.15) is 5.10 Å². The number of nitrogens with zero attached hydrogens (tertiary/aromatic N) is 2. The summed E-state index contributed by atoms with van der Waals surface area (Å²) in [4.78, 5) is 0. The Morgan fingerprint density at radius 2 is 2.00 bits per heavy atom. The third-order valence-corrected chi connectivity index (χ3v) is 3.92. The van der Waals surface area contributed by atoms with Crippen molar-refractivity contribution < 1.29 is 0 Å². The number of hydrogen-bond acceptors (Lipinski definition) is 2. The molecule has 1 N–H and O–H groups in total. The zero-order chi connectivity index (χ0) is 14.7. The van der Waals surface area contributed by atoms with Crippen LogP contribution in [0.5, 0.6) is 0 Å². The van der Waals surface area contributed by atoms with Crippen molar-refractivity contribution in [3.05, 3.63) is 46.8 Å². The van der Waals surface area contributed by atoms with Crippen molar-refractivity contribution >= 4 is 0 Å². The van der Waals surface area contributed by atoms with E-state index in [1.807, 2.05) is 0 Å². The molecule has 1 aromatic heterocycles. The molecule has 0 amide bonds. The predicted molar refractivity (Wildman–Crippen MR) is 84.5 cm³/mol. The average molecular weight is 271 g/mol. The number of benzene rings is 1. The van der Waals surface area contributed by atoms with E-state index in [1.165, 1.54) is 16.8 Å². The van der Waals surface area contributed by atoms with Gasteiger partial charge in [0.2, 0.25) is 0 Å². The lowest BCUT2D eigenvalue weighted by atomic mass is 10.1. The minimum absolute atomic E-state index is 0.363. The third-order valence-electron chi connectivity index (χ3n) is 3.92. The standard InChI is InChI=1S/C17H25N3/c1-6-17-13(4)19-20(14(17)5)16-10-8-9-15(11-16)12(3)18-7-2/h8-12,18H,6-7H2,1-5H3. The highest BCUT2D eigenvalue weighted by Crippen LogP contribution is 2.21. The maximum atomic E-state index is 4.69. The van der Waals surface area contributed by atoms with Gasteiger partial charge in [-0.05, 0) is 57.0 Å². The fraction of sp³-hybridized carbons (Fsp3) is 0.471. The molecule has 0 aliphatic carbocycles. The maximum absolute atomic E-state index is 4.69. The van der Waals surface area contributed by atoms with Gasteiger partial charge in [0.05, 0.1) is 11.4 Å². The SMILES string of the molecule is CCNC(C)c1cccc(-n2nc(C)c(CC)c2C)c1. The summed E-state index contributed by atoms with van der Waals surface area (Å²) >= 11 is 0. The van der Waals surface area contributed by atoms with E-state index < -0.39 is 0 Å². The van der Waals surface area contributed by atoms with Crippen LogP contribution < -0.4 is 5.32 Å². The van der Waals surface area contributed by atoms with E-state index in [-0.39, 0.29) is 0 Å². The van der Waals surface area contributed by atoms with Gasteiger partial charge in [-0.15, -0.1) is 0 Å². The summed E-state index contributed by atoms with van der Waals surface area (Å²) in [6, 6.07) is 9.00. The number of rotatable bonds is 5. The van der Waals surface area contributed by atoms with E-state index in [0.717, 1.165) is 24.3 Å². The molecule has 1 atom stereocenters. The van der Waals surface area contributed by atoms with Gasteiger partial charge in [0, 0.05) is 11.7 Å². The molecule has 1 heterocycles. The molecule has 1 unspecified atom stereocenters. The third kappa shape index (κ3) is 2.78. The van der Waals surface area contributed by atoms with E-state index in [1.54, 1.807) is 0 Å². The van der Waals surface area contributed by atoms with Crippen LogP contribution in [-0.4, -0.2) is 16.3 Å². The van der Waals surface area contributed by atoms with Crippen LogP contribution in [0.3, 0.4) is 0 Å². The Labute approximate surface area is 122 Å². The van der Waals surface area contributed by atoms with E-state index in [9.17, 15) is 0 Å². The van der Waals surface area contributed by atoms with Gasteiger partial charge >= 0.3 is 0 Å². The van der Waals surface area contributed by atoms with Crippen molar-refractivity contribution in [1.82, 2.24) is 15.1 Å². The second-order valence-electron chi connectivity index (χ2n) is 5.29. The van der Waals surface area contributed by atoms with Crippen molar-refractivity contribution in [3.8, 4) is 5.69 Å². The highest BCUT2D eigenvalue weighted by Gasteiger charge is 2.12. The molecule has 0 bridgehead atoms. The Balaban J connectivity index is 2.41. The molecule has 0 radical (unpaired) electrons. The number of aryl methyl sites for hydroxylation is 1. The molecule has 0 aliphatic rings. The lowest BCUT2D eigenvalue weighted by Gasteiger charge is -2.14. The zero-order valence-corrected chi connectivity index (χ0v) is 13.2. The van der Waals surface area contributed by atoms with Crippen molar-refractivity contribution in [2.45, 2.75) is 47.1 Å². The Kier molecular flexibility index (Phi) is 4.61. The van der Waals surface area contributed by atoms with Gasteiger partial charge < -0.3 is 5.32 Å². The van der Waals surface area contributed by atoms with Crippen LogP contribution in [0.1, 0.15) is 49.3 Å². The molecule has 20 heavy (non-hydrogen) atoms. The Hall–Kier alpha value is -1.61. The average Bonchev–Trinajstić information content (AvgIpc) is 2.74. The van der Waals surface area contributed by atoms with Crippen molar-refractivity contribution in [2.75, 3.05) is 6.54 Å². The van der Waals surface area contributed by atoms with Gasteiger partial charge in [0.25, 0.3) is 0 Å². The van der Waals surface area contributed by atoms with Crippen LogP contribution in [0.25, 0.3) is 5.69 Å². The minimum Gasteiger partial charge on any atom is -0.310 e. The molecule has 0 saturated carbocycles. The van der Waals surface area contributed by atoms with Gasteiger partial charge in [-0.3, -0.25) is 0 Å². The number of nitrogens with one attached hydrogen (secondary N) is 1. The van der Waals surface area contributed by atoms with Gasteiger partial charge in [0.15, 0.2) is 0 Å². The van der Waals surface area contributed by atoms with E-state index in [0.29, 0.717) is 6.04 Å². The summed E-state index contributed by atoms with van der Waals surface area (Å²) in [6.45, 7) is 11.7. The van der Waals surface area contributed by atoms with Crippen LogP contribution in [0, 0.1) is 13.8 Å². The van der Waals surface area contributed by atoms with Crippen LogP contribution in [0.4, 0.5) is 0 Å². The van der Waals surface area contributed by atoms with Gasteiger partial charge in [-0.25, -0.2) is 4.68 Å². The molecule has 2 aromatic rings. The summed E-state index contributed by atoms with van der Waals surface area (Å²) < 4.78 is 2.07. The Morgan fingerprint density at radius 1 is 1.25 bits per heavy atom. The van der Waals surface area contributed by atoms with Crippen LogP contribution in [0.2, 0.25) is 0 Å². The fourth-order valence-electron chi connectivity index (χ4n) is 2.79. The molecular weight excluding hydrogens is 246 g/mol. The fourth-order valence-corrected chi connectivity index (χ4v) is 2.79. The molecule has 0 saturated heterocycles. The monoisotopic (exact) mass is 271 g/mol. The first-order valence-corrected chi connectivity index (χ1v) is 7.47. The first-order valence-electron chi connectivity index (χ1n) is 7.47. The van der Waals surface area contributed by atoms with Crippen LogP contribution in [0.15, 0.2) is 24.3 Å². The largest absolute Gasteiger partial charge is 0.310 e. The van der Waals surface area contributed by atoms with Gasteiger partial charge in [-0.1, -0.05) is 26.0 Å². The molecule has 0 fully saturated rings. The minimum atomic E-state index is 0.363. The number of hydrogen-bond donors (Lipinski definition) is 1. The van der Waals surface area contributed by atoms with E-state index in [4.69, 9.17) is 5.10 Å². The number of aromatic nitrogens is 2. The lowest BCUT2D eigenvalue weighted by Crippen LogP contribution is -2.17. The van der Waals surface area contributed by atoms with E-state index in [2.05, 4.69) is 68.9 Å². The summed E-state index contributed by atoms with van der Waals surface area (Å²) in [6.07, 6.45) is 1.03. The molecule has 108 valence electrons. The van der Waals surface area contributed by atoms with Crippen LogP contribution >= 0.6 is 0 Å². The van der Waals surface area contributed by atoms with Crippen molar-refractivity contribution in [1.29, 1.82) is 0 Å². The molecule has 1 aromatic carbocycles. The topological polar surface area (TPSA) is 29.9 Å². The smallest absolute Gasteiger partial charge is 0.0652 e. The van der Waals surface area contributed by atoms with Gasteiger partial charge in [0.1, 0.15) is 0 Å². The Morgan fingerprint density at radius 3 is 2.60 bits per heavy atom. The quantitative estimate of drug-likeness (QED) is 0.898. The highest BCUT2D eigenvalue weighted by molar-refractivity contribution is 5.40. The zero-order valence-electron chi connectivity index (χ0n) is 13.2. The molecular formula is C17H25N3. The summed E-state index contributed by atoms with van der Waals surface area (Å²) in [5.74, 6) is 0. The first kappa shape index (κ1) is 14.8. The summed E-state index contributed by atoms with van der Waals surface area (Å²) in [5.41, 5.74) is 6.19. The second-order valence-corrected chi connectivity index (χ2v) is 5.29. The van der Waals surface area contributed by atoms with Crippen LogP contribution in [-0.2, 0) is 6.42 Å². The highest BCUT2D eigenvalue weighted by atomic mass is 15.3. The predicted octanol–water partition coefficient (Wildman–Crippen LogP) is 3.72. The molecule has 0 spiro atoms.